The minimum absolute atomic E-state index is 0. The highest BCUT2D eigenvalue weighted by Crippen LogP contribution is 2.00. The van der Waals surface area contributed by atoms with Gasteiger partial charge in [-0.1, -0.05) is 13.8 Å². The Hall–Kier alpha value is -1.23. The first-order valence-corrected chi connectivity index (χ1v) is 5.82. The highest BCUT2D eigenvalue weighted by Gasteiger charge is 2.20. The Labute approximate surface area is 105 Å². The summed E-state index contributed by atoms with van der Waals surface area (Å²) >= 11 is 0. The van der Waals surface area contributed by atoms with Crippen LogP contribution in [0.2, 0.25) is 0 Å². The van der Waals surface area contributed by atoms with E-state index in [1.165, 1.54) is 0 Å². The fourth-order valence-corrected chi connectivity index (χ4v) is 0.890. The van der Waals surface area contributed by atoms with Crippen molar-refractivity contribution >= 4 is 18.0 Å². The number of carbonyl (C=O) groups excluding carboxylic acids is 3. The molecule has 0 unspecified atom stereocenters. The van der Waals surface area contributed by atoms with Crippen LogP contribution < -0.4 is 11.1 Å². The summed E-state index contributed by atoms with van der Waals surface area (Å²) in [7, 11) is 0. The van der Waals surface area contributed by atoms with Gasteiger partial charge in [0.15, 0.2) is 0 Å². The van der Waals surface area contributed by atoms with E-state index in [1.807, 2.05) is 13.8 Å². The molecule has 102 valence electrons. The van der Waals surface area contributed by atoms with E-state index < -0.39 is 23.3 Å². The molecule has 0 radical (unpaired) electrons. The third kappa shape index (κ3) is 11.0. The molecule has 5 nitrogen and oxygen atoms in total. The molecule has 3 N–H and O–H groups in total. The van der Waals surface area contributed by atoms with Gasteiger partial charge in [0, 0.05) is 13.4 Å². The van der Waals surface area contributed by atoms with Gasteiger partial charge in [-0.2, -0.15) is 0 Å². The zero-order chi connectivity index (χ0) is 14.1. The monoisotopic (exact) mass is 246 g/mol. The fraction of sp³-hybridized carbons (Fsp3) is 0.750. The van der Waals surface area contributed by atoms with E-state index in [4.69, 9.17) is 5.73 Å². The van der Waals surface area contributed by atoms with Gasteiger partial charge >= 0.3 is 0 Å². The van der Waals surface area contributed by atoms with E-state index >= 15 is 0 Å². The lowest BCUT2D eigenvalue weighted by atomic mass is 10.1. The van der Waals surface area contributed by atoms with E-state index in [-0.39, 0.29) is 14.3 Å². The SMILES string of the molecule is CC.CC(C)(C)NC(=O)C(=O)CC[C@H](N)C=O.[HH]. The summed E-state index contributed by atoms with van der Waals surface area (Å²) in [5, 5.41) is 2.54. The van der Waals surface area contributed by atoms with Crippen molar-refractivity contribution in [2.24, 2.45) is 5.73 Å². The first-order chi connectivity index (χ1) is 7.76. The number of nitrogens with one attached hydrogen (secondary N) is 1. The van der Waals surface area contributed by atoms with Crippen molar-refractivity contribution in [3.63, 3.8) is 0 Å². The summed E-state index contributed by atoms with van der Waals surface area (Å²) in [5.41, 5.74) is 4.87. The summed E-state index contributed by atoms with van der Waals surface area (Å²) in [6.07, 6.45) is 0.774. The Balaban J connectivity index is -0.000000709. The van der Waals surface area contributed by atoms with Crippen LogP contribution in [0.15, 0.2) is 0 Å². The average Bonchev–Trinajstić information content (AvgIpc) is 2.25. The second-order valence-corrected chi connectivity index (χ2v) is 4.47. The second-order valence-electron chi connectivity index (χ2n) is 4.47. The van der Waals surface area contributed by atoms with Crippen molar-refractivity contribution in [1.82, 2.24) is 5.32 Å². The van der Waals surface area contributed by atoms with Crippen LogP contribution in [0.1, 0.15) is 48.9 Å². The molecule has 0 aliphatic heterocycles. The lowest BCUT2D eigenvalue weighted by Gasteiger charge is -2.19. The maximum atomic E-state index is 11.3. The number of carbonyl (C=O) groups is 3. The van der Waals surface area contributed by atoms with E-state index in [0.29, 0.717) is 6.29 Å². The van der Waals surface area contributed by atoms with Gasteiger partial charge in [-0.3, -0.25) is 9.59 Å². The maximum absolute atomic E-state index is 11.3. The van der Waals surface area contributed by atoms with Crippen LogP contribution in [0, 0.1) is 0 Å². The molecule has 0 heterocycles. The van der Waals surface area contributed by atoms with Crippen molar-refractivity contribution in [3.8, 4) is 0 Å². The van der Waals surface area contributed by atoms with Crippen molar-refractivity contribution in [2.45, 2.75) is 59.0 Å². The molecule has 0 aliphatic carbocycles. The lowest BCUT2D eigenvalue weighted by molar-refractivity contribution is -0.139. The maximum Gasteiger partial charge on any atom is 0.287 e. The molecule has 0 aliphatic rings. The van der Waals surface area contributed by atoms with Crippen molar-refractivity contribution in [2.75, 3.05) is 0 Å². The molecule has 0 bridgehead atoms. The number of Topliss-reactive ketones (excluding diaryl/α,β-unsaturated/α-hetero) is 1. The summed E-state index contributed by atoms with van der Waals surface area (Å²) in [5.74, 6) is -1.16. The van der Waals surface area contributed by atoms with Gasteiger partial charge in [-0.25, -0.2) is 0 Å². The summed E-state index contributed by atoms with van der Waals surface area (Å²) in [6.45, 7) is 9.36. The Morgan fingerprint density at radius 1 is 1.35 bits per heavy atom. The van der Waals surface area contributed by atoms with Crippen LogP contribution in [-0.4, -0.2) is 29.6 Å². The molecule has 0 spiro atoms. The van der Waals surface area contributed by atoms with Crippen molar-refractivity contribution in [3.05, 3.63) is 0 Å². The third-order valence-electron chi connectivity index (χ3n) is 1.62. The molecule has 0 aromatic heterocycles. The topological polar surface area (TPSA) is 89.3 Å². The normalized spacial score (nSPS) is 11.9. The largest absolute Gasteiger partial charge is 0.345 e. The molecular weight excluding hydrogens is 220 g/mol. The van der Waals surface area contributed by atoms with Crippen LogP contribution in [0.25, 0.3) is 0 Å². The van der Waals surface area contributed by atoms with Crippen LogP contribution in [0.4, 0.5) is 0 Å². The van der Waals surface area contributed by atoms with Gasteiger partial charge in [0.2, 0.25) is 5.78 Å². The summed E-state index contributed by atoms with van der Waals surface area (Å²) in [4.78, 5) is 32.7. The number of aldehydes is 1. The van der Waals surface area contributed by atoms with Crippen molar-refractivity contribution in [1.29, 1.82) is 0 Å². The third-order valence-corrected chi connectivity index (χ3v) is 1.62. The number of hydrogen-bond acceptors (Lipinski definition) is 4. The van der Waals surface area contributed by atoms with Gasteiger partial charge in [0.1, 0.15) is 6.29 Å². The predicted molar refractivity (Wildman–Crippen MR) is 69.6 cm³/mol. The van der Waals surface area contributed by atoms with Crippen LogP contribution >= 0.6 is 0 Å². The minimum Gasteiger partial charge on any atom is -0.345 e. The fourth-order valence-electron chi connectivity index (χ4n) is 0.890. The molecular formula is C12H26N2O3. The zero-order valence-electron chi connectivity index (χ0n) is 11.4. The number of nitrogens with two attached hydrogens (primary N) is 1. The number of rotatable bonds is 5. The van der Waals surface area contributed by atoms with Gasteiger partial charge in [-0.05, 0) is 27.2 Å². The first kappa shape index (κ1) is 18.1. The number of hydrogen-bond donors (Lipinski definition) is 2. The van der Waals surface area contributed by atoms with E-state index in [2.05, 4.69) is 5.32 Å². The van der Waals surface area contributed by atoms with Crippen molar-refractivity contribution < 1.29 is 15.8 Å². The Kier molecular flexibility index (Phi) is 9.47. The molecule has 1 atom stereocenters. The van der Waals surface area contributed by atoms with Crippen LogP contribution in [-0.2, 0) is 14.4 Å². The molecule has 0 aromatic rings. The predicted octanol–water partition coefficient (Wildman–Crippen LogP) is 1.05. The van der Waals surface area contributed by atoms with Gasteiger partial charge in [0.05, 0.1) is 6.04 Å². The first-order valence-electron chi connectivity index (χ1n) is 5.82. The molecule has 0 saturated heterocycles. The lowest BCUT2D eigenvalue weighted by Crippen LogP contribution is -2.44. The van der Waals surface area contributed by atoms with Gasteiger partial charge in [0.25, 0.3) is 5.91 Å². The van der Waals surface area contributed by atoms with E-state index in [1.54, 1.807) is 20.8 Å². The summed E-state index contributed by atoms with van der Waals surface area (Å²) in [6, 6.07) is -0.670. The molecule has 0 rings (SSSR count). The highest BCUT2D eigenvalue weighted by molar-refractivity contribution is 6.36. The smallest absolute Gasteiger partial charge is 0.287 e. The molecule has 17 heavy (non-hydrogen) atoms. The Bertz CT molecular complexity index is 263. The molecule has 0 saturated carbocycles. The highest BCUT2D eigenvalue weighted by atomic mass is 16.2. The minimum atomic E-state index is -0.670. The van der Waals surface area contributed by atoms with Crippen LogP contribution in [0.3, 0.4) is 0 Å². The van der Waals surface area contributed by atoms with Gasteiger partial charge in [-0.15, -0.1) is 0 Å². The number of amides is 1. The summed E-state index contributed by atoms with van der Waals surface area (Å²) < 4.78 is 0. The van der Waals surface area contributed by atoms with Crippen LogP contribution in [0.5, 0.6) is 0 Å². The Morgan fingerprint density at radius 2 is 1.82 bits per heavy atom. The molecule has 5 heteroatoms. The standard InChI is InChI=1S/C10H18N2O3.C2H6.H2/c1-10(2,3)12-9(15)8(14)5-4-7(11)6-13;1-2;/h6-7H,4-5,11H2,1-3H3,(H,12,15);1-2H3;1H/t7-;;/m0../s1. The quantitative estimate of drug-likeness (QED) is 0.560. The van der Waals surface area contributed by atoms with E-state index in [0.717, 1.165) is 0 Å². The second kappa shape index (κ2) is 8.87. The zero-order valence-corrected chi connectivity index (χ0v) is 11.4. The number of ketones is 1. The molecule has 0 fully saturated rings. The Morgan fingerprint density at radius 3 is 2.18 bits per heavy atom. The van der Waals surface area contributed by atoms with E-state index in [9.17, 15) is 14.4 Å². The molecule has 1 amide bonds. The molecule has 0 aromatic carbocycles. The average molecular weight is 246 g/mol. The van der Waals surface area contributed by atoms with Gasteiger partial charge < -0.3 is 15.8 Å².